The van der Waals surface area contributed by atoms with Crippen LogP contribution in [0.2, 0.25) is 0 Å². The van der Waals surface area contributed by atoms with Crippen molar-refractivity contribution in [1.82, 2.24) is 9.97 Å². The van der Waals surface area contributed by atoms with Crippen LogP contribution < -0.4 is 4.90 Å². The van der Waals surface area contributed by atoms with Gasteiger partial charge in [-0.25, -0.2) is 13.8 Å². The summed E-state index contributed by atoms with van der Waals surface area (Å²) in [5.41, 5.74) is 3.66. The Labute approximate surface area is 170 Å². The average molecular weight is 409 g/mol. The van der Waals surface area contributed by atoms with E-state index in [4.69, 9.17) is 0 Å². The second-order valence-corrected chi connectivity index (χ2v) is 7.75. The van der Waals surface area contributed by atoms with Crippen molar-refractivity contribution in [3.8, 4) is 0 Å². The number of aromatic nitrogens is 2. The van der Waals surface area contributed by atoms with Crippen LogP contribution >= 0.6 is 11.3 Å². The molecule has 0 atom stereocenters. The van der Waals surface area contributed by atoms with Gasteiger partial charge in [-0.2, -0.15) is 0 Å². The summed E-state index contributed by atoms with van der Waals surface area (Å²) in [6.45, 7) is 4.15. The van der Waals surface area contributed by atoms with E-state index in [1.54, 1.807) is 18.3 Å². The Bertz CT molecular complexity index is 1210. The number of amides is 1. The molecule has 29 heavy (non-hydrogen) atoms. The first-order valence-corrected chi connectivity index (χ1v) is 9.78. The van der Waals surface area contributed by atoms with Gasteiger partial charge in [0.1, 0.15) is 0 Å². The van der Waals surface area contributed by atoms with E-state index in [0.717, 1.165) is 33.5 Å². The summed E-state index contributed by atoms with van der Waals surface area (Å²) in [4.78, 5) is 23.6. The monoisotopic (exact) mass is 409 g/mol. The van der Waals surface area contributed by atoms with E-state index in [-0.39, 0.29) is 12.1 Å². The molecule has 2 heterocycles. The number of fused-ring (bicyclic) bond motifs is 1. The summed E-state index contributed by atoms with van der Waals surface area (Å²) >= 11 is 1.39. The molecule has 0 N–H and O–H groups in total. The molecule has 0 aliphatic rings. The number of pyridine rings is 1. The van der Waals surface area contributed by atoms with Crippen molar-refractivity contribution in [3.05, 3.63) is 88.7 Å². The lowest BCUT2D eigenvalue weighted by Gasteiger charge is -2.19. The molecular formula is C22H17F2N3OS. The number of carbonyl (C=O) groups excluding carboxylic acids is 1. The molecule has 2 aromatic heterocycles. The van der Waals surface area contributed by atoms with Crippen LogP contribution in [0.1, 0.15) is 27.2 Å². The van der Waals surface area contributed by atoms with E-state index in [2.05, 4.69) is 16.0 Å². The molecule has 4 aromatic rings. The Morgan fingerprint density at radius 3 is 2.62 bits per heavy atom. The summed E-state index contributed by atoms with van der Waals surface area (Å²) in [6.07, 6.45) is 1.64. The van der Waals surface area contributed by atoms with Crippen molar-refractivity contribution >= 4 is 32.6 Å². The number of rotatable bonds is 4. The first-order chi connectivity index (χ1) is 13.9. The molecule has 0 saturated carbocycles. The van der Waals surface area contributed by atoms with Gasteiger partial charge in [0.15, 0.2) is 16.8 Å². The Balaban J connectivity index is 1.80. The number of nitrogens with zero attached hydrogens (tertiary/aromatic N) is 3. The highest BCUT2D eigenvalue weighted by atomic mass is 32.1. The molecule has 0 aliphatic heterocycles. The largest absolute Gasteiger partial charge is 0.278 e. The summed E-state index contributed by atoms with van der Waals surface area (Å²) < 4.78 is 28.0. The van der Waals surface area contributed by atoms with Crippen molar-refractivity contribution in [2.45, 2.75) is 20.4 Å². The van der Waals surface area contributed by atoms with Gasteiger partial charge < -0.3 is 0 Å². The zero-order valence-corrected chi connectivity index (χ0v) is 16.6. The highest BCUT2D eigenvalue weighted by Crippen LogP contribution is 2.33. The Morgan fingerprint density at radius 1 is 1.07 bits per heavy atom. The number of benzene rings is 2. The highest BCUT2D eigenvalue weighted by Gasteiger charge is 2.23. The lowest BCUT2D eigenvalue weighted by molar-refractivity contribution is 0.0984. The van der Waals surface area contributed by atoms with Gasteiger partial charge in [0.2, 0.25) is 0 Å². The fourth-order valence-corrected chi connectivity index (χ4v) is 4.16. The number of anilines is 1. The molecule has 2 aromatic carbocycles. The second-order valence-electron chi connectivity index (χ2n) is 6.77. The Kier molecular flexibility index (Phi) is 5.07. The molecule has 7 heteroatoms. The number of aryl methyl sites for hydroxylation is 2. The smallest absolute Gasteiger partial charge is 0.260 e. The molecule has 4 nitrogen and oxygen atoms in total. The molecule has 4 rings (SSSR count). The highest BCUT2D eigenvalue weighted by molar-refractivity contribution is 7.22. The Morgan fingerprint density at radius 2 is 1.90 bits per heavy atom. The van der Waals surface area contributed by atoms with Crippen LogP contribution in [0.4, 0.5) is 13.9 Å². The van der Waals surface area contributed by atoms with Crippen LogP contribution in [0.5, 0.6) is 0 Å². The summed E-state index contributed by atoms with van der Waals surface area (Å²) in [6, 6.07) is 12.6. The summed E-state index contributed by atoms with van der Waals surface area (Å²) in [5, 5.41) is 0.481. The van der Waals surface area contributed by atoms with Crippen molar-refractivity contribution in [3.63, 3.8) is 0 Å². The molecule has 0 fully saturated rings. The summed E-state index contributed by atoms with van der Waals surface area (Å²) in [7, 11) is 0. The van der Waals surface area contributed by atoms with Gasteiger partial charge in [-0.3, -0.25) is 14.7 Å². The van der Waals surface area contributed by atoms with Crippen LogP contribution in [0.15, 0.2) is 54.7 Å². The molecule has 0 spiro atoms. The fourth-order valence-electron chi connectivity index (χ4n) is 3.15. The van der Waals surface area contributed by atoms with Gasteiger partial charge in [-0.15, -0.1) is 0 Å². The van der Waals surface area contributed by atoms with Crippen LogP contribution in [0.3, 0.4) is 0 Å². The number of thiazole rings is 1. The SMILES string of the molecule is Cc1cc(C)c2sc(N(Cc3ccccn3)C(=O)c3ccc(F)c(F)c3)nc2c1. The van der Waals surface area contributed by atoms with E-state index in [1.807, 2.05) is 26.0 Å². The van der Waals surface area contributed by atoms with E-state index >= 15 is 0 Å². The third kappa shape index (κ3) is 3.86. The quantitative estimate of drug-likeness (QED) is 0.451. The molecule has 0 aliphatic carbocycles. The zero-order chi connectivity index (χ0) is 20.5. The van der Waals surface area contributed by atoms with E-state index < -0.39 is 17.5 Å². The Hall–Kier alpha value is -3.19. The molecule has 0 saturated heterocycles. The van der Waals surface area contributed by atoms with Crippen LogP contribution in [0, 0.1) is 25.5 Å². The van der Waals surface area contributed by atoms with Crippen LogP contribution in [-0.4, -0.2) is 15.9 Å². The van der Waals surface area contributed by atoms with Gasteiger partial charge in [0.05, 0.1) is 22.5 Å². The van der Waals surface area contributed by atoms with E-state index in [1.165, 1.54) is 22.3 Å². The normalized spacial score (nSPS) is 11.0. The van der Waals surface area contributed by atoms with Gasteiger partial charge in [0, 0.05) is 11.8 Å². The predicted molar refractivity (Wildman–Crippen MR) is 110 cm³/mol. The van der Waals surface area contributed by atoms with Crippen molar-refractivity contribution in [2.24, 2.45) is 0 Å². The minimum Gasteiger partial charge on any atom is -0.278 e. The zero-order valence-electron chi connectivity index (χ0n) is 15.8. The first-order valence-electron chi connectivity index (χ1n) is 8.97. The van der Waals surface area contributed by atoms with Gasteiger partial charge in [-0.1, -0.05) is 23.5 Å². The lowest BCUT2D eigenvalue weighted by Crippen LogP contribution is -2.30. The molecule has 0 unspecified atom stereocenters. The first kappa shape index (κ1) is 19.1. The van der Waals surface area contributed by atoms with Crippen molar-refractivity contribution < 1.29 is 13.6 Å². The number of halogens is 2. The lowest BCUT2D eigenvalue weighted by atomic mass is 10.1. The van der Waals surface area contributed by atoms with Crippen molar-refractivity contribution in [2.75, 3.05) is 4.90 Å². The topological polar surface area (TPSA) is 46.1 Å². The van der Waals surface area contributed by atoms with Crippen LogP contribution in [0.25, 0.3) is 10.2 Å². The third-order valence-corrected chi connectivity index (χ3v) is 5.73. The predicted octanol–water partition coefficient (Wildman–Crippen LogP) is 5.43. The maximum absolute atomic E-state index is 13.7. The molecule has 1 amide bonds. The molecule has 0 radical (unpaired) electrons. The van der Waals surface area contributed by atoms with E-state index in [9.17, 15) is 13.6 Å². The average Bonchev–Trinajstić information content (AvgIpc) is 3.12. The maximum Gasteiger partial charge on any atom is 0.260 e. The number of hydrogen-bond acceptors (Lipinski definition) is 4. The minimum atomic E-state index is -1.07. The maximum atomic E-state index is 13.7. The number of carbonyl (C=O) groups is 1. The standard InChI is InChI=1S/C22H17F2N3OS/c1-13-9-14(2)20-19(10-13)26-22(29-20)27(12-16-5-3-4-8-25-16)21(28)15-6-7-17(23)18(24)11-15/h3-11H,12H2,1-2H3. The second kappa shape index (κ2) is 7.67. The van der Waals surface area contributed by atoms with Gasteiger partial charge in [0.25, 0.3) is 5.91 Å². The third-order valence-electron chi connectivity index (χ3n) is 4.50. The van der Waals surface area contributed by atoms with Gasteiger partial charge >= 0.3 is 0 Å². The number of hydrogen-bond donors (Lipinski definition) is 0. The van der Waals surface area contributed by atoms with Crippen LogP contribution in [-0.2, 0) is 6.54 Å². The minimum absolute atomic E-state index is 0.0481. The fraction of sp³-hybridized carbons (Fsp3) is 0.136. The van der Waals surface area contributed by atoms with Crippen molar-refractivity contribution in [1.29, 1.82) is 0 Å². The van der Waals surface area contributed by atoms with E-state index in [0.29, 0.717) is 10.8 Å². The van der Waals surface area contributed by atoms with Gasteiger partial charge in [-0.05, 0) is 61.4 Å². The molecule has 0 bridgehead atoms. The molecular weight excluding hydrogens is 392 g/mol. The summed E-state index contributed by atoms with van der Waals surface area (Å²) in [5.74, 6) is -2.53. The molecule has 146 valence electrons.